The maximum atomic E-state index is 12.7. The first-order valence-corrected chi connectivity index (χ1v) is 11.8. The Morgan fingerprint density at radius 1 is 1.06 bits per heavy atom. The van der Waals surface area contributed by atoms with Crippen molar-refractivity contribution in [1.82, 2.24) is 5.32 Å². The second-order valence-electron chi connectivity index (χ2n) is 9.47. The highest BCUT2D eigenvalue weighted by molar-refractivity contribution is 5.79. The molecule has 32 heavy (non-hydrogen) atoms. The summed E-state index contributed by atoms with van der Waals surface area (Å²) < 4.78 is 5.69. The second kappa shape index (κ2) is 10.2. The number of carbonyl (C=O) groups is 2. The van der Waals surface area contributed by atoms with Gasteiger partial charge in [-0.1, -0.05) is 74.7 Å². The average Bonchev–Trinajstić information content (AvgIpc) is 3.10. The lowest BCUT2D eigenvalue weighted by Crippen LogP contribution is -2.38. The van der Waals surface area contributed by atoms with E-state index in [0.29, 0.717) is 18.3 Å². The number of fused-ring (bicyclic) bond motifs is 3. The predicted molar refractivity (Wildman–Crippen MR) is 125 cm³/mol. The minimum absolute atomic E-state index is 0.0183. The molecule has 0 saturated heterocycles. The molecule has 2 aromatic carbocycles. The molecule has 2 aliphatic rings. The predicted octanol–water partition coefficient (Wildman–Crippen LogP) is 5.97. The molecule has 2 aliphatic carbocycles. The zero-order valence-corrected chi connectivity index (χ0v) is 18.8. The van der Waals surface area contributed by atoms with Crippen molar-refractivity contribution in [1.29, 1.82) is 0 Å². The van der Waals surface area contributed by atoms with Crippen LogP contribution in [-0.2, 0) is 9.53 Å². The molecule has 2 N–H and O–H groups in total. The van der Waals surface area contributed by atoms with Gasteiger partial charge in [0.05, 0.1) is 0 Å². The van der Waals surface area contributed by atoms with E-state index < -0.39 is 12.1 Å². The summed E-state index contributed by atoms with van der Waals surface area (Å²) in [5.41, 5.74) is 4.76. The summed E-state index contributed by atoms with van der Waals surface area (Å²) >= 11 is 0. The molecule has 5 heteroatoms. The molecule has 3 atom stereocenters. The summed E-state index contributed by atoms with van der Waals surface area (Å²) in [5, 5.41) is 12.1. The van der Waals surface area contributed by atoms with E-state index in [9.17, 15) is 9.59 Å². The largest absolute Gasteiger partial charge is 0.481 e. The van der Waals surface area contributed by atoms with Crippen molar-refractivity contribution in [3.8, 4) is 11.1 Å². The highest BCUT2D eigenvalue weighted by Gasteiger charge is 2.30. The highest BCUT2D eigenvalue weighted by atomic mass is 16.5. The lowest BCUT2D eigenvalue weighted by atomic mass is 9.79. The van der Waals surface area contributed by atoms with Gasteiger partial charge in [-0.05, 0) is 53.4 Å². The van der Waals surface area contributed by atoms with E-state index in [-0.39, 0.29) is 25.0 Å². The molecule has 0 spiro atoms. The van der Waals surface area contributed by atoms with Gasteiger partial charge in [0.15, 0.2) is 0 Å². The molecule has 0 heterocycles. The van der Waals surface area contributed by atoms with E-state index >= 15 is 0 Å². The van der Waals surface area contributed by atoms with Crippen LogP contribution >= 0.6 is 0 Å². The van der Waals surface area contributed by atoms with Gasteiger partial charge in [0, 0.05) is 18.4 Å². The van der Waals surface area contributed by atoms with Crippen LogP contribution in [0.1, 0.15) is 68.9 Å². The summed E-state index contributed by atoms with van der Waals surface area (Å²) in [6.07, 6.45) is 5.63. The van der Waals surface area contributed by atoms with Crippen molar-refractivity contribution >= 4 is 12.1 Å². The molecule has 170 valence electrons. The number of carbonyl (C=O) groups excluding carboxylic acids is 1. The minimum Gasteiger partial charge on any atom is -0.481 e. The standard InChI is InChI=1S/C27H33NO4/c1-18-7-6-8-19(15-18)16-20(13-14-26(29)30)28-27(31)32-17-25-23-11-4-2-9-21(23)22-10-3-5-12-24(22)25/h2-5,9-12,18-20,25H,6-8,13-17H2,1H3,(H,28,31)(H,29,30). The van der Waals surface area contributed by atoms with Gasteiger partial charge in [-0.2, -0.15) is 0 Å². The van der Waals surface area contributed by atoms with Gasteiger partial charge in [0.1, 0.15) is 6.61 Å². The van der Waals surface area contributed by atoms with Gasteiger partial charge in [-0.25, -0.2) is 4.79 Å². The van der Waals surface area contributed by atoms with E-state index in [1.54, 1.807) is 0 Å². The third-order valence-electron chi connectivity index (χ3n) is 7.04. The normalized spacial score (nSPS) is 20.8. The molecule has 1 amide bonds. The maximum absolute atomic E-state index is 12.7. The molecule has 2 aromatic rings. The van der Waals surface area contributed by atoms with Crippen LogP contribution in [-0.4, -0.2) is 29.8 Å². The number of hydrogen-bond donors (Lipinski definition) is 2. The summed E-state index contributed by atoms with van der Waals surface area (Å²) in [6.45, 7) is 2.55. The Labute approximate surface area is 190 Å². The summed E-state index contributed by atoms with van der Waals surface area (Å²) in [7, 11) is 0. The van der Waals surface area contributed by atoms with Crippen LogP contribution in [0.5, 0.6) is 0 Å². The quantitative estimate of drug-likeness (QED) is 0.535. The van der Waals surface area contributed by atoms with Crippen LogP contribution in [0.25, 0.3) is 11.1 Å². The third-order valence-corrected chi connectivity index (χ3v) is 7.04. The number of ether oxygens (including phenoxy) is 1. The molecule has 0 aromatic heterocycles. The topological polar surface area (TPSA) is 75.6 Å². The number of carboxylic acids is 1. The Bertz CT molecular complexity index is 911. The van der Waals surface area contributed by atoms with Gasteiger partial charge in [-0.3, -0.25) is 4.79 Å². The monoisotopic (exact) mass is 435 g/mol. The van der Waals surface area contributed by atoms with Gasteiger partial charge in [0.25, 0.3) is 0 Å². The van der Waals surface area contributed by atoms with Crippen molar-refractivity contribution in [2.24, 2.45) is 11.8 Å². The van der Waals surface area contributed by atoms with Crippen LogP contribution in [0, 0.1) is 11.8 Å². The lowest BCUT2D eigenvalue weighted by Gasteiger charge is -2.30. The first-order chi connectivity index (χ1) is 15.5. The van der Waals surface area contributed by atoms with Gasteiger partial charge in [-0.15, -0.1) is 0 Å². The maximum Gasteiger partial charge on any atom is 0.407 e. The molecule has 3 unspecified atom stereocenters. The summed E-state index contributed by atoms with van der Waals surface area (Å²) in [6, 6.07) is 16.4. The fraction of sp³-hybridized carbons (Fsp3) is 0.481. The van der Waals surface area contributed by atoms with Crippen molar-refractivity contribution < 1.29 is 19.4 Å². The second-order valence-corrected chi connectivity index (χ2v) is 9.47. The van der Waals surface area contributed by atoms with Crippen molar-refractivity contribution in [3.63, 3.8) is 0 Å². The van der Waals surface area contributed by atoms with E-state index in [1.807, 2.05) is 24.3 Å². The zero-order chi connectivity index (χ0) is 22.5. The molecule has 1 saturated carbocycles. The summed E-state index contributed by atoms with van der Waals surface area (Å²) in [4.78, 5) is 23.8. The molecule has 0 radical (unpaired) electrons. The minimum atomic E-state index is -0.832. The van der Waals surface area contributed by atoms with E-state index in [2.05, 4.69) is 36.5 Å². The fourth-order valence-electron chi connectivity index (χ4n) is 5.53. The van der Waals surface area contributed by atoms with Gasteiger partial charge in [0.2, 0.25) is 0 Å². The molecular weight excluding hydrogens is 402 g/mol. The van der Waals surface area contributed by atoms with Crippen LogP contribution in [0.15, 0.2) is 48.5 Å². The highest BCUT2D eigenvalue weighted by Crippen LogP contribution is 2.44. The Balaban J connectivity index is 1.38. The van der Waals surface area contributed by atoms with Crippen LogP contribution in [0.4, 0.5) is 4.79 Å². The van der Waals surface area contributed by atoms with Crippen LogP contribution in [0.2, 0.25) is 0 Å². The third kappa shape index (κ3) is 5.32. The number of benzene rings is 2. The van der Waals surface area contributed by atoms with Gasteiger partial charge < -0.3 is 15.2 Å². The Hall–Kier alpha value is -2.82. The molecule has 5 nitrogen and oxygen atoms in total. The molecule has 0 aliphatic heterocycles. The Kier molecular flexibility index (Phi) is 7.13. The van der Waals surface area contributed by atoms with E-state index in [4.69, 9.17) is 9.84 Å². The van der Waals surface area contributed by atoms with E-state index in [1.165, 1.54) is 35.1 Å². The van der Waals surface area contributed by atoms with Gasteiger partial charge >= 0.3 is 12.1 Å². The smallest absolute Gasteiger partial charge is 0.407 e. The van der Waals surface area contributed by atoms with E-state index in [0.717, 1.165) is 19.3 Å². The molecule has 1 fully saturated rings. The lowest BCUT2D eigenvalue weighted by molar-refractivity contribution is -0.137. The number of amides is 1. The van der Waals surface area contributed by atoms with Crippen molar-refractivity contribution in [3.05, 3.63) is 59.7 Å². The number of alkyl carbamates (subject to hydrolysis) is 1. The number of aliphatic carboxylic acids is 1. The Morgan fingerprint density at radius 2 is 1.72 bits per heavy atom. The number of hydrogen-bond acceptors (Lipinski definition) is 3. The van der Waals surface area contributed by atoms with Crippen LogP contribution < -0.4 is 5.32 Å². The Morgan fingerprint density at radius 3 is 2.34 bits per heavy atom. The first kappa shape index (κ1) is 22.4. The average molecular weight is 436 g/mol. The molecular formula is C27H33NO4. The van der Waals surface area contributed by atoms with Crippen molar-refractivity contribution in [2.75, 3.05) is 6.61 Å². The first-order valence-electron chi connectivity index (χ1n) is 11.8. The molecule has 4 rings (SSSR count). The number of rotatable bonds is 8. The van der Waals surface area contributed by atoms with Crippen LogP contribution in [0.3, 0.4) is 0 Å². The fourth-order valence-corrected chi connectivity index (χ4v) is 5.53. The number of nitrogens with one attached hydrogen (secondary N) is 1. The zero-order valence-electron chi connectivity index (χ0n) is 18.8. The molecule has 0 bridgehead atoms. The SMILES string of the molecule is CC1CCCC(CC(CCC(=O)O)NC(=O)OCC2c3ccccc3-c3ccccc32)C1. The van der Waals surface area contributed by atoms with Crippen molar-refractivity contribution in [2.45, 2.75) is 63.8 Å². The number of carboxylic acid groups (broad SMARTS) is 1. The summed E-state index contributed by atoms with van der Waals surface area (Å²) in [5.74, 6) is 0.418.